The summed E-state index contributed by atoms with van der Waals surface area (Å²) in [5.74, 6) is 1.16. The molecule has 7 heteroatoms. The molecule has 0 aliphatic carbocycles. The van der Waals surface area contributed by atoms with E-state index in [1.165, 1.54) is 16.7 Å². The van der Waals surface area contributed by atoms with Crippen LogP contribution in [-0.4, -0.2) is 39.8 Å². The van der Waals surface area contributed by atoms with Gasteiger partial charge in [-0.15, -0.1) is 0 Å². The summed E-state index contributed by atoms with van der Waals surface area (Å²) >= 11 is 0. The van der Waals surface area contributed by atoms with Gasteiger partial charge in [-0.1, -0.05) is 60.7 Å². The van der Waals surface area contributed by atoms with E-state index in [0.29, 0.717) is 6.42 Å². The third kappa shape index (κ3) is 6.31. The lowest BCUT2D eigenvalue weighted by molar-refractivity contribution is -0.118. The molecule has 0 atom stereocenters. The van der Waals surface area contributed by atoms with Crippen LogP contribution in [0.2, 0.25) is 0 Å². The summed E-state index contributed by atoms with van der Waals surface area (Å²) in [6, 6.07) is 24.3. The Bertz CT molecular complexity index is 1570. The minimum atomic E-state index is 0.0786. The number of nitrogen functional groups attached to an aromatic ring is 1. The number of imidazole rings is 1. The number of benzene rings is 3. The Kier molecular flexibility index (Phi) is 8.10. The predicted octanol–water partition coefficient (Wildman–Crippen LogP) is 5.34. The van der Waals surface area contributed by atoms with Crippen LogP contribution in [0.4, 0.5) is 5.69 Å². The largest absolute Gasteiger partial charge is 0.384 e. The van der Waals surface area contributed by atoms with E-state index in [-0.39, 0.29) is 11.7 Å². The minimum absolute atomic E-state index is 0.0786. The van der Waals surface area contributed by atoms with Crippen molar-refractivity contribution in [2.75, 3.05) is 18.5 Å². The maximum Gasteiger partial charge on any atom is 0.227 e. The van der Waals surface area contributed by atoms with E-state index in [9.17, 15) is 4.79 Å². The highest BCUT2D eigenvalue weighted by molar-refractivity contribution is 5.95. The number of anilines is 1. The third-order valence-corrected chi connectivity index (χ3v) is 7.56. The maximum absolute atomic E-state index is 13.0. The fourth-order valence-corrected chi connectivity index (χ4v) is 5.03. The van der Waals surface area contributed by atoms with Crippen molar-refractivity contribution < 1.29 is 4.79 Å². The summed E-state index contributed by atoms with van der Waals surface area (Å²) in [5.41, 5.74) is 12.7. The molecule has 0 radical (unpaired) electrons. The zero-order valence-corrected chi connectivity index (χ0v) is 23.2. The average Bonchev–Trinajstić information content (AvgIpc) is 3.30. The smallest absolute Gasteiger partial charge is 0.227 e. The number of aromatic nitrogens is 2. The molecule has 0 fully saturated rings. The lowest BCUT2D eigenvalue weighted by Crippen LogP contribution is -2.26. The summed E-state index contributed by atoms with van der Waals surface area (Å²) in [7, 11) is 3.87. The van der Waals surface area contributed by atoms with Crippen molar-refractivity contribution in [3.63, 3.8) is 0 Å². The number of nitrogens with one attached hydrogen (secondary N) is 1. The van der Waals surface area contributed by atoms with Crippen molar-refractivity contribution in [2.45, 2.75) is 32.2 Å². The van der Waals surface area contributed by atoms with Crippen LogP contribution < -0.4 is 10.6 Å². The molecule has 1 aliphatic heterocycles. The van der Waals surface area contributed by atoms with Crippen LogP contribution in [0.3, 0.4) is 0 Å². The number of hydrogen-bond acceptors (Lipinski definition) is 4. The SMILES string of the molecule is CN(C(=O)CCC1=CCN(Cc2ccccc2)C=C1)c1ccc2c(c1)nc(CCc1ccc(C(=N)N)cc1)n2C. The number of amides is 1. The number of nitrogens with two attached hydrogens (primary N) is 1. The molecular formula is C33H36N6O. The molecule has 0 unspecified atom stereocenters. The fourth-order valence-electron chi connectivity index (χ4n) is 5.03. The van der Waals surface area contributed by atoms with Crippen LogP contribution >= 0.6 is 0 Å². The number of carbonyl (C=O) groups excluding carboxylic acids is 1. The second kappa shape index (κ2) is 12.0. The van der Waals surface area contributed by atoms with Crippen LogP contribution in [0.15, 0.2) is 96.7 Å². The highest BCUT2D eigenvalue weighted by Crippen LogP contribution is 2.24. The normalized spacial score (nSPS) is 12.9. The number of allylic oxidation sites excluding steroid dienone is 2. The number of amidine groups is 1. The van der Waals surface area contributed by atoms with Gasteiger partial charge in [-0.3, -0.25) is 10.2 Å². The van der Waals surface area contributed by atoms with Gasteiger partial charge in [0.2, 0.25) is 5.91 Å². The number of nitrogens with zero attached hydrogens (tertiary/aromatic N) is 4. The molecule has 2 heterocycles. The Morgan fingerprint density at radius 1 is 1.00 bits per heavy atom. The van der Waals surface area contributed by atoms with Crippen molar-refractivity contribution in [1.82, 2.24) is 14.5 Å². The molecule has 0 spiro atoms. The standard InChI is InChI=1S/C33H36N6O/c1-37(32(40)17-11-25-18-20-39(21-19-25)23-26-6-4-3-5-7-26)28-14-15-30-29(22-28)36-31(38(30)2)16-10-24-8-12-27(13-9-24)33(34)35/h3-9,12-15,18-20,22H,10-11,16-17,21,23H2,1-2H3,(H3,34,35). The van der Waals surface area contributed by atoms with Crippen LogP contribution in [0.1, 0.15) is 35.4 Å². The summed E-state index contributed by atoms with van der Waals surface area (Å²) in [5, 5.41) is 7.55. The van der Waals surface area contributed by atoms with E-state index < -0.39 is 0 Å². The van der Waals surface area contributed by atoms with Crippen LogP contribution in [0.5, 0.6) is 0 Å². The Balaban J connectivity index is 1.16. The van der Waals surface area contributed by atoms with Crippen molar-refractivity contribution in [1.29, 1.82) is 5.41 Å². The van der Waals surface area contributed by atoms with Gasteiger partial charge in [0.25, 0.3) is 0 Å². The Morgan fingerprint density at radius 2 is 1.77 bits per heavy atom. The van der Waals surface area contributed by atoms with E-state index in [2.05, 4.69) is 52.1 Å². The fraction of sp³-hybridized carbons (Fsp3) is 0.242. The van der Waals surface area contributed by atoms with Gasteiger partial charge < -0.3 is 20.1 Å². The molecule has 1 amide bonds. The van der Waals surface area contributed by atoms with E-state index in [1.54, 1.807) is 4.90 Å². The number of carbonyl (C=O) groups is 1. The first-order valence-electron chi connectivity index (χ1n) is 13.7. The molecule has 3 aromatic carbocycles. The molecule has 1 aromatic heterocycles. The molecule has 3 N–H and O–H groups in total. The molecule has 5 rings (SSSR count). The van der Waals surface area contributed by atoms with Gasteiger partial charge >= 0.3 is 0 Å². The van der Waals surface area contributed by atoms with Crippen molar-refractivity contribution in [2.24, 2.45) is 12.8 Å². The maximum atomic E-state index is 13.0. The third-order valence-electron chi connectivity index (χ3n) is 7.56. The van der Waals surface area contributed by atoms with Crippen molar-refractivity contribution >= 4 is 28.5 Å². The molecule has 204 valence electrons. The van der Waals surface area contributed by atoms with Gasteiger partial charge in [0.1, 0.15) is 11.7 Å². The number of aryl methyl sites for hydroxylation is 3. The first kappa shape index (κ1) is 26.9. The van der Waals surface area contributed by atoms with Gasteiger partial charge in [0.15, 0.2) is 0 Å². The zero-order chi connectivity index (χ0) is 28.1. The molecular weight excluding hydrogens is 496 g/mol. The second-order valence-corrected chi connectivity index (χ2v) is 10.3. The van der Waals surface area contributed by atoms with Gasteiger partial charge in [0, 0.05) is 51.3 Å². The monoisotopic (exact) mass is 532 g/mol. The van der Waals surface area contributed by atoms with E-state index in [1.807, 2.05) is 62.6 Å². The Morgan fingerprint density at radius 3 is 2.48 bits per heavy atom. The molecule has 0 saturated carbocycles. The second-order valence-electron chi connectivity index (χ2n) is 10.3. The predicted molar refractivity (Wildman–Crippen MR) is 162 cm³/mol. The van der Waals surface area contributed by atoms with Gasteiger partial charge in [-0.25, -0.2) is 4.98 Å². The Labute approximate surface area is 235 Å². The summed E-state index contributed by atoms with van der Waals surface area (Å²) in [6.45, 7) is 1.74. The number of fused-ring (bicyclic) bond motifs is 1. The number of hydrogen-bond donors (Lipinski definition) is 2. The van der Waals surface area contributed by atoms with Gasteiger partial charge in [-0.2, -0.15) is 0 Å². The lowest BCUT2D eigenvalue weighted by Gasteiger charge is -2.23. The zero-order valence-electron chi connectivity index (χ0n) is 23.2. The summed E-state index contributed by atoms with van der Waals surface area (Å²) in [4.78, 5) is 21.9. The summed E-state index contributed by atoms with van der Waals surface area (Å²) in [6.07, 6.45) is 9.29. The van der Waals surface area contributed by atoms with Crippen molar-refractivity contribution in [3.05, 3.63) is 119 Å². The van der Waals surface area contributed by atoms with Crippen molar-refractivity contribution in [3.8, 4) is 0 Å². The van der Waals surface area contributed by atoms with E-state index >= 15 is 0 Å². The first-order chi connectivity index (χ1) is 19.4. The van der Waals surface area contributed by atoms with E-state index in [4.69, 9.17) is 16.1 Å². The van der Waals surface area contributed by atoms with Gasteiger partial charge in [0.05, 0.1) is 11.0 Å². The van der Waals surface area contributed by atoms with Crippen LogP contribution in [0.25, 0.3) is 11.0 Å². The summed E-state index contributed by atoms with van der Waals surface area (Å²) < 4.78 is 2.12. The topological polar surface area (TPSA) is 91.2 Å². The molecule has 0 bridgehead atoms. The highest BCUT2D eigenvalue weighted by Gasteiger charge is 2.15. The van der Waals surface area contributed by atoms with E-state index in [0.717, 1.165) is 60.5 Å². The molecule has 4 aromatic rings. The molecule has 0 saturated heterocycles. The Hall–Kier alpha value is -4.65. The molecule has 1 aliphatic rings. The average molecular weight is 533 g/mol. The molecule has 7 nitrogen and oxygen atoms in total. The quantitative estimate of drug-likeness (QED) is 0.213. The highest BCUT2D eigenvalue weighted by atomic mass is 16.2. The minimum Gasteiger partial charge on any atom is -0.384 e. The first-order valence-corrected chi connectivity index (χ1v) is 13.7. The number of rotatable bonds is 10. The van der Waals surface area contributed by atoms with Crippen LogP contribution in [-0.2, 0) is 31.2 Å². The molecule has 40 heavy (non-hydrogen) atoms. The van der Waals surface area contributed by atoms with Gasteiger partial charge in [-0.05, 0) is 60.0 Å². The lowest BCUT2D eigenvalue weighted by atomic mass is 10.1. The van der Waals surface area contributed by atoms with Crippen LogP contribution in [0, 0.1) is 5.41 Å².